The van der Waals surface area contributed by atoms with Gasteiger partial charge >= 0.3 is 12.0 Å². The summed E-state index contributed by atoms with van der Waals surface area (Å²) in [4.78, 5) is 31.3. The molecule has 0 spiro atoms. The van der Waals surface area contributed by atoms with Gasteiger partial charge in [0.05, 0.1) is 6.33 Å². The lowest BCUT2D eigenvalue weighted by Crippen LogP contribution is -2.48. The number of rotatable bonds is 7. The van der Waals surface area contributed by atoms with Gasteiger partial charge < -0.3 is 20.3 Å². The quantitative estimate of drug-likeness (QED) is 0.697. The van der Waals surface area contributed by atoms with Crippen molar-refractivity contribution >= 4 is 12.0 Å². The monoisotopic (exact) mass is 282 g/mol. The summed E-state index contributed by atoms with van der Waals surface area (Å²) < 4.78 is 0. The van der Waals surface area contributed by atoms with Crippen molar-refractivity contribution < 1.29 is 14.7 Å². The van der Waals surface area contributed by atoms with Gasteiger partial charge in [0.15, 0.2) is 0 Å². The van der Waals surface area contributed by atoms with Crippen LogP contribution in [0.25, 0.3) is 0 Å². The first-order chi connectivity index (χ1) is 9.40. The zero-order valence-electron chi connectivity index (χ0n) is 12.1. The molecule has 112 valence electrons. The van der Waals surface area contributed by atoms with Crippen molar-refractivity contribution in [1.29, 1.82) is 0 Å². The predicted molar refractivity (Wildman–Crippen MR) is 74.3 cm³/mol. The molecule has 2 amide bonds. The largest absolute Gasteiger partial charge is 0.480 e. The number of nitrogens with zero attached hydrogens (tertiary/aromatic N) is 2. The Morgan fingerprint density at radius 2 is 2.20 bits per heavy atom. The third-order valence-electron chi connectivity index (χ3n) is 2.96. The Kier molecular flexibility index (Phi) is 6.02. The van der Waals surface area contributed by atoms with Gasteiger partial charge in [-0.15, -0.1) is 0 Å². The molecule has 20 heavy (non-hydrogen) atoms. The van der Waals surface area contributed by atoms with E-state index in [2.05, 4.69) is 29.1 Å². The molecule has 7 nitrogen and oxygen atoms in total. The molecule has 1 aromatic rings. The van der Waals surface area contributed by atoms with Gasteiger partial charge in [0.25, 0.3) is 0 Å². The van der Waals surface area contributed by atoms with E-state index in [0.29, 0.717) is 18.2 Å². The molecular formula is C13H22N4O3. The molecule has 0 radical (unpaired) electrons. The maximum Gasteiger partial charge on any atom is 0.326 e. The van der Waals surface area contributed by atoms with Crippen molar-refractivity contribution in [1.82, 2.24) is 20.2 Å². The summed E-state index contributed by atoms with van der Waals surface area (Å²) in [5.74, 6) is -0.573. The number of H-pyrrole nitrogens is 1. The second kappa shape index (κ2) is 7.52. The molecule has 0 aliphatic heterocycles. The van der Waals surface area contributed by atoms with Crippen LogP contribution >= 0.6 is 0 Å². The molecule has 0 aliphatic carbocycles. The number of carbonyl (C=O) groups excluding carboxylic acids is 1. The van der Waals surface area contributed by atoms with Crippen LogP contribution in [0.5, 0.6) is 0 Å². The van der Waals surface area contributed by atoms with Crippen molar-refractivity contribution in [2.45, 2.75) is 32.7 Å². The second-order valence-electron chi connectivity index (χ2n) is 5.23. The molecule has 1 atom stereocenters. The van der Waals surface area contributed by atoms with Gasteiger partial charge in [-0.2, -0.15) is 0 Å². The number of aliphatic carboxylic acids is 1. The normalized spacial score (nSPS) is 12.2. The van der Waals surface area contributed by atoms with Crippen molar-refractivity contribution in [2.24, 2.45) is 5.92 Å². The SMILES string of the molecule is CC(C)CCN(C)C(=O)NC(Cc1cnc[nH]1)C(=O)O. The first kappa shape index (κ1) is 16.0. The maximum absolute atomic E-state index is 11.9. The van der Waals surface area contributed by atoms with E-state index in [1.54, 1.807) is 13.2 Å². The molecule has 1 aromatic heterocycles. The number of hydrogen-bond acceptors (Lipinski definition) is 3. The van der Waals surface area contributed by atoms with Gasteiger partial charge in [0.1, 0.15) is 6.04 Å². The van der Waals surface area contributed by atoms with Gasteiger partial charge in [-0.25, -0.2) is 14.6 Å². The summed E-state index contributed by atoms with van der Waals surface area (Å²) >= 11 is 0. The molecule has 0 aliphatic rings. The molecule has 7 heteroatoms. The lowest BCUT2D eigenvalue weighted by atomic mass is 10.1. The Labute approximate surface area is 118 Å². The molecule has 0 saturated heterocycles. The molecule has 3 N–H and O–H groups in total. The summed E-state index contributed by atoms with van der Waals surface area (Å²) in [7, 11) is 1.66. The third-order valence-corrected chi connectivity index (χ3v) is 2.96. The highest BCUT2D eigenvalue weighted by Gasteiger charge is 2.22. The highest BCUT2D eigenvalue weighted by atomic mass is 16.4. The Morgan fingerprint density at radius 3 is 2.70 bits per heavy atom. The smallest absolute Gasteiger partial charge is 0.326 e. The lowest BCUT2D eigenvalue weighted by Gasteiger charge is -2.21. The van der Waals surface area contributed by atoms with Crippen LogP contribution in [-0.2, 0) is 11.2 Å². The van der Waals surface area contributed by atoms with Crippen LogP contribution in [0, 0.1) is 5.92 Å². The molecule has 0 bridgehead atoms. The first-order valence-electron chi connectivity index (χ1n) is 6.61. The molecule has 1 rings (SSSR count). The van der Waals surface area contributed by atoms with Gasteiger partial charge in [-0.1, -0.05) is 13.8 Å². The van der Waals surface area contributed by atoms with E-state index in [-0.39, 0.29) is 12.5 Å². The standard InChI is InChI=1S/C13H22N4O3/c1-9(2)4-5-17(3)13(20)16-11(12(18)19)6-10-7-14-8-15-10/h7-9,11H,4-6H2,1-3H3,(H,14,15)(H,16,20)(H,18,19). The van der Waals surface area contributed by atoms with E-state index < -0.39 is 12.0 Å². The summed E-state index contributed by atoms with van der Waals surface area (Å²) in [6, 6.07) is -1.35. The van der Waals surface area contributed by atoms with E-state index >= 15 is 0 Å². The number of aromatic nitrogens is 2. The molecular weight excluding hydrogens is 260 g/mol. The van der Waals surface area contributed by atoms with Gasteiger partial charge in [-0.05, 0) is 12.3 Å². The number of urea groups is 1. The van der Waals surface area contributed by atoms with Crippen molar-refractivity contribution in [3.05, 3.63) is 18.2 Å². The highest BCUT2D eigenvalue weighted by molar-refractivity contribution is 5.82. The van der Waals surface area contributed by atoms with E-state index in [9.17, 15) is 9.59 Å². The molecule has 0 saturated carbocycles. The van der Waals surface area contributed by atoms with Crippen LogP contribution in [-0.4, -0.2) is 51.6 Å². The molecule has 1 unspecified atom stereocenters. The van der Waals surface area contributed by atoms with Crippen LogP contribution in [0.1, 0.15) is 26.0 Å². The minimum Gasteiger partial charge on any atom is -0.480 e. The molecule has 1 heterocycles. The van der Waals surface area contributed by atoms with E-state index in [1.807, 2.05) is 0 Å². The van der Waals surface area contributed by atoms with Crippen LogP contribution in [0.15, 0.2) is 12.5 Å². The first-order valence-corrected chi connectivity index (χ1v) is 6.61. The summed E-state index contributed by atoms with van der Waals surface area (Å²) in [5, 5.41) is 11.7. The average molecular weight is 282 g/mol. The number of carboxylic acid groups (broad SMARTS) is 1. The van der Waals surface area contributed by atoms with Crippen LogP contribution in [0.2, 0.25) is 0 Å². The fourth-order valence-electron chi connectivity index (χ4n) is 1.63. The zero-order valence-corrected chi connectivity index (χ0v) is 12.1. The Bertz CT molecular complexity index is 431. The summed E-state index contributed by atoms with van der Waals surface area (Å²) in [6.07, 6.45) is 4.08. The maximum atomic E-state index is 11.9. The number of hydrogen-bond donors (Lipinski definition) is 3. The van der Waals surface area contributed by atoms with E-state index in [0.717, 1.165) is 6.42 Å². The van der Waals surface area contributed by atoms with Gasteiger partial charge in [0.2, 0.25) is 0 Å². The number of nitrogens with one attached hydrogen (secondary N) is 2. The summed E-state index contributed by atoms with van der Waals surface area (Å²) in [6.45, 7) is 4.74. The topological polar surface area (TPSA) is 98.3 Å². The summed E-state index contributed by atoms with van der Waals surface area (Å²) in [5.41, 5.74) is 0.669. The Balaban J connectivity index is 2.52. The number of amides is 2. The Morgan fingerprint density at radius 1 is 1.50 bits per heavy atom. The number of aromatic amines is 1. The van der Waals surface area contributed by atoms with E-state index in [1.165, 1.54) is 11.2 Å². The minimum atomic E-state index is -1.06. The lowest BCUT2D eigenvalue weighted by molar-refractivity contribution is -0.139. The van der Waals surface area contributed by atoms with Gasteiger partial charge in [0, 0.05) is 31.9 Å². The fourth-order valence-corrected chi connectivity index (χ4v) is 1.63. The predicted octanol–water partition coefficient (Wildman–Crippen LogP) is 1.09. The Hall–Kier alpha value is -2.05. The highest BCUT2D eigenvalue weighted by Crippen LogP contribution is 2.03. The van der Waals surface area contributed by atoms with Crippen molar-refractivity contribution in [2.75, 3.05) is 13.6 Å². The van der Waals surface area contributed by atoms with Crippen LogP contribution in [0.3, 0.4) is 0 Å². The number of imidazole rings is 1. The van der Waals surface area contributed by atoms with Crippen LogP contribution in [0.4, 0.5) is 4.79 Å². The fraction of sp³-hybridized carbons (Fsp3) is 0.615. The minimum absolute atomic E-state index is 0.180. The number of carbonyl (C=O) groups is 2. The molecule has 0 aromatic carbocycles. The van der Waals surface area contributed by atoms with E-state index in [4.69, 9.17) is 5.11 Å². The van der Waals surface area contributed by atoms with Crippen LogP contribution < -0.4 is 5.32 Å². The average Bonchev–Trinajstić information content (AvgIpc) is 2.87. The van der Waals surface area contributed by atoms with Gasteiger partial charge in [-0.3, -0.25) is 0 Å². The van der Waals surface area contributed by atoms with Crippen molar-refractivity contribution in [3.8, 4) is 0 Å². The zero-order chi connectivity index (χ0) is 15.1. The number of carboxylic acids is 1. The molecule has 0 fully saturated rings. The third kappa shape index (κ3) is 5.29. The van der Waals surface area contributed by atoms with Crippen molar-refractivity contribution in [3.63, 3.8) is 0 Å². The second-order valence-corrected chi connectivity index (χ2v) is 5.23.